The fraction of sp³-hybridized carbons (Fsp3) is 1.00. The van der Waals surface area contributed by atoms with Crippen LogP contribution in [-0.4, -0.2) is 37.1 Å². The van der Waals surface area contributed by atoms with Gasteiger partial charge in [0.25, 0.3) is 0 Å². The molecule has 1 saturated heterocycles. The first-order chi connectivity index (χ1) is 6.00. The minimum absolute atomic E-state index is 0.0346. The minimum atomic E-state index is -3.08. The second kappa shape index (κ2) is 3.94. The molecule has 1 fully saturated rings. The molecule has 0 aromatic rings. The summed E-state index contributed by atoms with van der Waals surface area (Å²) in [6.07, 6.45) is 1.84. The zero-order valence-corrected chi connectivity index (χ0v) is 9.05. The number of sulfonamides is 1. The summed E-state index contributed by atoms with van der Waals surface area (Å²) in [5, 5.41) is -0.334. The molecule has 0 spiro atoms. The Bertz CT molecular complexity index is 261. The van der Waals surface area contributed by atoms with E-state index in [1.807, 2.05) is 0 Å². The molecular formula is C8H18N2O2S. The van der Waals surface area contributed by atoms with Gasteiger partial charge in [0.1, 0.15) is 0 Å². The Labute approximate surface area is 80.1 Å². The molecule has 1 rings (SSSR count). The molecule has 1 heterocycles. The van der Waals surface area contributed by atoms with Crippen LogP contribution in [0.3, 0.4) is 0 Å². The third-order valence-corrected chi connectivity index (χ3v) is 4.84. The summed E-state index contributed by atoms with van der Waals surface area (Å²) in [4.78, 5) is 0. The molecule has 13 heavy (non-hydrogen) atoms. The summed E-state index contributed by atoms with van der Waals surface area (Å²) in [7, 11) is -3.08. The first-order valence-electron chi connectivity index (χ1n) is 4.71. The van der Waals surface area contributed by atoms with Gasteiger partial charge >= 0.3 is 0 Å². The molecule has 5 heteroatoms. The van der Waals surface area contributed by atoms with E-state index in [1.54, 1.807) is 18.2 Å². The van der Waals surface area contributed by atoms with Gasteiger partial charge in [-0.15, -0.1) is 0 Å². The van der Waals surface area contributed by atoms with Crippen LogP contribution in [0.5, 0.6) is 0 Å². The van der Waals surface area contributed by atoms with Crippen molar-refractivity contribution in [2.75, 3.05) is 13.1 Å². The van der Waals surface area contributed by atoms with Crippen LogP contribution in [0.2, 0.25) is 0 Å². The van der Waals surface area contributed by atoms with Gasteiger partial charge in [-0.25, -0.2) is 8.42 Å². The summed E-state index contributed by atoms with van der Waals surface area (Å²) in [5.41, 5.74) is 5.51. The zero-order chi connectivity index (χ0) is 10.1. The number of nitrogens with two attached hydrogens (primary N) is 1. The first-order valence-corrected chi connectivity index (χ1v) is 6.21. The van der Waals surface area contributed by atoms with Crippen LogP contribution < -0.4 is 5.73 Å². The molecule has 78 valence electrons. The van der Waals surface area contributed by atoms with E-state index in [4.69, 9.17) is 5.73 Å². The van der Waals surface area contributed by atoms with E-state index < -0.39 is 10.0 Å². The summed E-state index contributed by atoms with van der Waals surface area (Å²) >= 11 is 0. The Morgan fingerprint density at radius 1 is 1.54 bits per heavy atom. The zero-order valence-electron chi connectivity index (χ0n) is 8.23. The highest BCUT2D eigenvalue weighted by Crippen LogP contribution is 2.22. The van der Waals surface area contributed by atoms with Crippen molar-refractivity contribution in [2.45, 2.75) is 38.0 Å². The van der Waals surface area contributed by atoms with Crippen molar-refractivity contribution in [3.63, 3.8) is 0 Å². The van der Waals surface area contributed by atoms with E-state index in [1.165, 1.54) is 0 Å². The highest BCUT2D eigenvalue weighted by atomic mass is 32.2. The number of nitrogens with zero attached hydrogens (tertiary/aromatic N) is 1. The van der Waals surface area contributed by atoms with E-state index in [-0.39, 0.29) is 11.3 Å². The predicted octanol–water partition coefficient (Wildman–Crippen LogP) is 0.148. The number of hydrogen-bond acceptors (Lipinski definition) is 3. The van der Waals surface area contributed by atoms with E-state index in [2.05, 4.69) is 0 Å². The third kappa shape index (κ3) is 2.03. The van der Waals surface area contributed by atoms with E-state index in [0.29, 0.717) is 13.1 Å². The second-order valence-electron chi connectivity index (χ2n) is 3.74. The molecule has 0 radical (unpaired) electrons. The average molecular weight is 206 g/mol. The second-order valence-corrected chi connectivity index (χ2v) is 6.18. The van der Waals surface area contributed by atoms with Crippen molar-refractivity contribution in [3.05, 3.63) is 0 Å². The van der Waals surface area contributed by atoms with Crippen LogP contribution in [0, 0.1) is 0 Å². The van der Waals surface area contributed by atoms with Crippen LogP contribution in [0.1, 0.15) is 26.7 Å². The largest absolute Gasteiger partial charge is 0.329 e. The molecule has 2 N–H and O–H groups in total. The van der Waals surface area contributed by atoms with Crippen molar-refractivity contribution in [1.29, 1.82) is 0 Å². The van der Waals surface area contributed by atoms with Crippen LogP contribution in [0.15, 0.2) is 0 Å². The Morgan fingerprint density at radius 3 is 2.62 bits per heavy atom. The predicted molar refractivity (Wildman–Crippen MR) is 52.8 cm³/mol. The lowest BCUT2D eigenvalue weighted by Gasteiger charge is -2.24. The van der Waals surface area contributed by atoms with Crippen molar-refractivity contribution in [3.8, 4) is 0 Å². The third-order valence-electron chi connectivity index (χ3n) is 2.52. The first kappa shape index (κ1) is 10.9. The van der Waals surface area contributed by atoms with Gasteiger partial charge in [0, 0.05) is 19.1 Å². The summed E-state index contributed by atoms with van der Waals surface area (Å²) in [6.45, 7) is 4.50. The lowest BCUT2D eigenvalue weighted by molar-refractivity contribution is 0.389. The standard InChI is InChI=1S/C8H18N2O2S/c1-7(2)13(11,12)10-5-3-4-8(10)6-9/h7-8H,3-6,9H2,1-2H3/t8-/m1/s1. The van der Waals surface area contributed by atoms with Crippen LogP contribution in [0.25, 0.3) is 0 Å². The maximum absolute atomic E-state index is 11.8. The van der Waals surface area contributed by atoms with Gasteiger partial charge < -0.3 is 5.73 Å². The lowest BCUT2D eigenvalue weighted by atomic mass is 10.2. The maximum Gasteiger partial charge on any atom is 0.216 e. The molecule has 0 saturated carbocycles. The molecule has 0 bridgehead atoms. The van der Waals surface area contributed by atoms with Gasteiger partial charge in [-0.3, -0.25) is 0 Å². The van der Waals surface area contributed by atoms with Crippen molar-refractivity contribution in [2.24, 2.45) is 5.73 Å². The monoisotopic (exact) mass is 206 g/mol. The van der Waals surface area contributed by atoms with E-state index >= 15 is 0 Å². The minimum Gasteiger partial charge on any atom is -0.329 e. The lowest BCUT2D eigenvalue weighted by Crippen LogP contribution is -2.43. The van der Waals surface area contributed by atoms with Crippen molar-refractivity contribution >= 4 is 10.0 Å². The molecule has 0 unspecified atom stereocenters. The normalized spacial score (nSPS) is 25.7. The van der Waals surface area contributed by atoms with Crippen LogP contribution in [0.4, 0.5) is 0 Å². The van der Waals surface area contributed by atoms with Gasteiger partial charge in [-0.2, -0.15) is 4.31 Å². The summed E-state index contributed by atoms with van der Waals surface area (Å²) in [5.74, 6) is 0. The fourth-order valence-electron chi connectivity index (χ4n) is 1.65. The SMILES string of the molecule is CC(C)S(=O)(=O)N1CCC[C@@H]1CN. The van der Waals surface area contributed by atoms with Gasteiger partial charge in [0.05, 0.1) is 5.25 Å². The Balaban J connectivity index is 2.82. The van der Waals surface area contributed by atoms with E-state index in [0.717, 1.165) is 12.8 Å². The molecule has 4 nitrogen and oxygen atoms in total. The Hall–Kier alpha value is -0.130. The molecule has 1 aliphatic heterocycles. The molecule has 1 atom stereocenters. The van der Waals surface area contributed by atoms with Crippen LogP contribution >= 0.6 is 0 Å². The van der Waals surface area contributed by atoms with Gasteiger partial charge in [0.15, 0.2) is 0 Å². The highest BCUT2D eigenvalue weighted by Gasteiger charge is 2.34. The van der Waals surface area contributed by atoms with Gasteiger partial charge in [-0.1, -0.05) is 0 Å². The molecule has 0 aromatic heterocycles. The average Bonchev–Trinajstić information content (AvgIpc) is 2.51. The van der Waals surface area contributed by atoms with E-state index in [9.17, 15) is 8.42 Å². The Kier molecular flexibility index (Phi) is 3.32. The maximum atomic E-state index is 11.8. The smallest absolute Gasteiger partial charge is 0.216 e. The highest BCUT2D eigenvalue weighted by molar-refractivity contribution is 7.89. The molecular weight excluding hydrogens is 188 g/mol. The topological polar surface area (TPSA) is 63.4 Å². The molecule has 0 aromatic carbocycles. The molecule has 0 aliphatic carbocycles. The van der Waals surface area contributed by atoms with Crippen LogP contribution in [-0.2, 0) is 10.0 Å². The van der Waals surface area contributed by atoms with Crippen molar-refractivity contribution in [1.82, 2.24) is 4.31 Å². The Morgan fingerprint density at radius 2 is 2.15 bits per heavy atom. The summed E-state index contributed by atoms with van der Waals surface area (Å²) < 4.78 is 25.1. The quantitative estimate of drug-likeness (QED) is 0.715. The van der Waals surface area contributed by atoms with Gasteiger partial charge in [0.2, 0.25) is 10.0 Å². The molecule has 0 amide bonds. The number of rotatable bonds is 3. The number of hydrogen-bond donors (Lipinski definition) is 1. The molecule has 1 aliphatic rings. The summed E-state index contributed by atoms with van der Waals surface area (Å²) in [6, 6.07) is 0.0346. The fourth-order valence-corrected chi connectivity index (χ4v) is 3.18. The van der Waals surface area contributed by atoms with Crippen molar-refractivity contribution < 1.29 is 8.42 Å². The van der Waals surface area contributed by atoms with Gasteiger partial charge in [-0.05, 0) is 26.7 Å².